The lowest BCUT2D eigenvalue weighted by Gasteiger charge is -2.23. The van der Waals surface area contributed by atoms with Crippen LogP contribution in [-0.2, 0) is 16.9 Å². The summed E-state index contributed by atoms with van der Waals surface area (Å²) in [7, 11) is 3.00. The molecule has 1 unspecified atom stereocenters. The molecule has 7 heteroatoms. The van der Waals surface area contributed by atoms with Crippen LogP contribution in [0.1, 0.15) is 39.0 Å². The molecule has 1 heterocycles. The van der Waals surface area contributed by atoms with Gasteiger partial charge in [0.15, 0.2) is 22.9 Å². The fourth-order valence-electron chi connectivity index (χ4n) is 4.34. The number of carbonyl (C=O) groups excluding carboxylic acids is 2. The Morgan fingerprint density at radius 1 is 1.00 bits per heavy atom. The van der Waals surface area contributed by atoms with Crippen molar-refractivity contribution in [3.05, 3.63) is 86.9 Å². The normalized spacial score (nSPS) is 17.0. The predicted molar refractivity (Wildman–Crippen MR) is 134 cm³/mol. The summed E-state index contributed by atoms with van der Waals surface area (Å²) in [6.07, 6.45) is -0.395. The van der Waals surface area contributed by atoms with Gasteiger partial charge in [-0.15, -0.1) is 0 Å². The van der Waals surface area contributed by atoms with Crippen molar-refractivity contribution in [2.24, 2.45) is 0 Å². The number of anilines is 1. The van der Waals surface area contributed by atoms with Crippen LogP contribution in [0.2, 0.25) is 0 Å². The number of aliphatic hydroxyl groups is 1. The Bertz CT molecular complexity index is 1290. The van der Waals surface area contributed by atoms with Gasteiger partial charge in [0.05, 0.1) is 32.9 Å². The van der Waals surface area contributed by atoms with Gasteiger partial charge >= 0.3 is 0 Å². The number of ether oxygens (including phenoxy) is 2. The van der Waals surface area contributed by atoms with E-state index in [0.717, 1.165) is 16.7 Å². The quantitative estimate of drug-likeness (QED) is 0.436. The van der Waals surface area contributed by atoms with Crippen molar-refractivity contribution in [1.82, 2.24) is 0 Å². The molecule has 1 aliphatic rings. The monoisotopic (exact) mass is 523 g/mol. The van der Waals surface area contributed by atoms with Crippen molar-refractivity contribution in [3.8, 4) is 11.5 Å². The number of fused-ring (bicyclic) bond motifs is 1. The van der Waals surface area contributed by atoms with Crippen molar-refractivity contribution in [3.63, 3.8) is 0 Å². The van der Waals surface area contributed by atoms with E-state index in [4.69, 9.17) is 9.47 Å². The molecular formula is C27H26BrNO5. The highest BCUT2D eigenvalue weighted by Gasteiger charge is 2.51. The third kappa shape index (κ3) is 4.21. The van der Waals surface area contributed by atoms with Gasteiger partial charge in [-0.3, -0.25) is 9.59 Å². The van der Waals surface area contributed by atoms with Crippen LogP contribution in [0.15, 0.2) is 59.1 Å². The summed E-state index contributed by atoms with van der Waals surface area (Å²) in [5.74, 6) is -0.00638. The number of carbonyl (C=O) groups is 2. The van der Waals surface area contributed by atoms with Gasteiger partial charge in [0.2, 0.25) is 0 Å². The van der Waals surface area contributed by atoms with E-state index in [1.807, 2.05) is 38.1 Å². The number of Topliss-reactive ketones (excluding diaryl/α,β-unsaturated/α-hetero) is 1. The number of hydrogen-bond donors (Lipinski definition) is 1. The van der Waals surface area contributed by atoms with Crippen LogP contribution in [0.3, 0.4) is 0 Å². The summed E-state index contributed by atoms with van der Waals surface area (Å²) in [5.41, 5.74) is 2.46. The fourth-order valence-corrected chi connectivity index (χ4v) is 4.70. The van der Waals surface area contributed by atoms with E-state index in [1.165, 1.54) is 14.2 Å². The van der Waals surface area contributed by atoms with Crippen molar-refractivity contribution in [2.75, 3.05) is 19.1 Å². The van der Waals surface area contributed by atoms with Crippen LogP contribution in [-0.4, -0.2) is 31.0 Å². The van der Waals surface area contributed by atoms with E-state index in [1.54, 1.807) is 35.2 Å². The van der Waals surface area contributed by atoms with E-state index in [-0.39, 0.29) is 5.78 Å². The first-order valence-corrected chi connectivity index (χ1v) is 11.6. The van der Waals surface area contributed by atoms with Gasteiger partial charge in [0.25, 0.3) is 5.91 Å². The molecular weight excluding hydrogens is 498 g/mol. The van der Waals surface area contributed by atoms with Gasteiger partial charge in [-0.05, 0) is 61.4 Å². The first-order valence-electron chi connectivity index (χ1n) is 10.8. The average molecular weight is 524 g/mol. The van der Waals surface area contributed by atoms with E-state index in [2.05, 4.69) is 15.9 Å². The first-order chi connectivity index (χ1) is 16.2. The van der Waals surface area contributed by atoms with E-state index < -0.39 is 17.9 Å². The number of methoxy groups -OCH3 is 2. The van der Waals surface area contributed by atoms with Gasteiger partial charge in [0, 0.05) is 15.6 Å². The fraction of sp³-hybridized carbons (Fsp3) is 0.259. The van der Waals surface area contributed by atoms with Gasteiger partial charge < -0.3 is 19.5 Å². The number of ketones is 1. The molecule has 0 aliphatic carbocycles. The number of rotatable bonds is 7. The highest BCUT2D eigenvalue weighted by Crippen LogP contribution is 2.45. The Morgan fingerprint density at radius 2 is 1.74 bits per heavy atom. The molecule has 0 fully saturated rings. The molecule has 4 rings (SSSR count). The molecule has 0 saturated carbocycles. The second kappa shape index (κ2) is 9.24. The summed E-state index contributed by atoms with van der Waals surface area (Å²) in [6.45, 7) is 4.29. The first kappa shape index (κ1) is 24.0. The van der Waals surface area contributed by atoms with Gasteiger partial charge in [-0.1, -0.05) is 39.7 Å². The van der Waals surface area contributed by atoms with Gasteiger partial charge in [-0.2, -0.15) is 0 Å². The zero-order chi connectivity index (χ0) is 24.6. The number of hydrogen-bond acceptors (Lipinski definition) is 5. The largest absolute Gasteiger partial charge is 0.493 e. The molecule has 0 spiro atoms. The zero-order valence-electron chi connectivity index (χ0n) is 19.5. The smallest absolute Gasteiger partial charge is 0.264 e. The predicted octanol–water partition coefficient (Wildman–Crippen LogP) is 5.09. The molecule has 0 bridgehead atoms. The van der Waals surface area contributed by atoms with Gasteiger partial charge in [-0.25, -0.2) is 0 Å². The Kier molecular flexibility index (Phi) is 6.51. The number of amides is 1. The summed E-state index contributed by atoms with van der Waals surface area (Å²) in [6, 6.07) is 16.2. The maximum atomic E-state index is 13.7. The molecule has 1 N–H and O–H groups in total. The average Bonchev–Trinajstić information content (AvgIpc) is 3.02. The number of halogens is 1. The number of nitrogens with zero attached hydrogens (tertiary/aromatic N) is 1. The summed E-state index contributed by atoms with van der Waals surface area (Å²) >= 11 is 3.43. The lowest BCUT2D eigenvalue weighted by molar-refractivity contribution is -0.136. The highest BCUT2D eigenvalue weighted by molar-refractivity contribution is 9.10. The lowest BCUT2D eigenvalue weighted by atomic mass is 9.88. The molecule has 176 valence electrons. The molecule has 3 aromatic rings. The maximum Gasteiger partial charge on any atom is 0.264 e. The lowest BCUT2D eigenvalue weighted by Crippen LogP contribution is -2.41. The summed E-state index contributed by atoms with van der Waals surface area (Å²) in [4.78, 5) is 28.4. The minimum atomic E-state index is -1.99. The van der Waals surface area contributed by atoms with E-state index in [9.17, 15) is 14.7 Å². The maximum absolute atomic E-state index is 13.7. The molecule has 0 radical (unpaired) electrons. The SMILES string of the molecule is COc1ccc(C(=O)CC2(O)C(=O)N(Cc3cc(C)ccc3C)c3ccc(Br)cc32)cc1OC. The topological polar surface area (TPSA) is 76.1 Å². The minimum Gasteiger partial charge on any atom is -0.493 e. The van der Waals surface area contributed by atoms with Crippen molar-refractivity contribution >= 4 is 33.3 Å². The summed E-state index contributed by atoms with van der Waals surface area (Å²) < 4.78 is 11.2. The van der Waals surface area contributed by atoms with Crippen LogP contribution in [0, 0.1) is 13.8 Å². The standard InChI is InChI=1S/C27H26BrNO5/c1-16-5-6-17(2)19(11-16)15-29-22-9-8-20(28)13-21(22)27(32,26(29)31)14-23(30)18-7-10-24(33-3)25(12-18)34-4/h5-13,32H,14-15H2,1-4H3. The second-order valence-corrected chi connectivity index (χ2v) is 9.43. The Morgan fingerprint density at radius 3 is 2.44 bits per heavy atom. The van der Waals surface area contributed by atoms with E-state index >= 15 is 0 Å². The zero-order valence-corrected chi connectivity index (χ0v) is 21.1. The summed E-state index contributed by atoms with van der Waals surface area (Å²) in [5, 5.41) is 11.7. The molecule has 1 aliphatic heterocycles. The van der Waals surface area contributed by atoms with Crippen molar-refractivity contribution in [2.45, 2.75) is 32.4 Å². The highest BCUT2D eigenvalue weighted by atomic mass is 79.9. The number of benzene rings is 3. The third-order valence-corrected chi connectivity index (χ3v) is 6.74. The van der Waals surface area contributed by atoms with Gasteiger partial charge in [0.1, 0.15) is 0 Å². The van der Waals surface area contributed by atoms with Crippen LogP contribution >= 0.6 is 15.9 Å². The van der Waals surface area contributed by atoms with Crippen LogP contribution in [0.5, 0.6) is 11.5 Å². The molecule has 0 aromatic heterocycles. The molecule has 1 amide bonds. The second-order valence-electron chi connectivity index (χ2n) is 8.51. The molecule has 0 saturated heterocycles. The van der Waals surface area contributed by atoms with Crippen molar-refractivity contribution < 1.29 is 24.2 Å². The number of aryl methyl sites for hydroxylation is 2. The van der Waals surface area contributed by atoms with Crippen LogP contribution in [0.4, 0.5) is 5.69 Å². The van der Waals surface area contributed by atoms with Crippen LogP contribution < -0.4 is 14.4 Å². The molecule has 1 atom stereocenters. The third-order valence-electron chi connectivity index (χ3n) is 6.25. The van der Waals surface area contributed by atoms with Crippen molar-refractivity contribution in [1.29, 1.82) is 0 Å². The molecule has 34 heavy (non-hydrogen) atoms. The molecule has 3 aromatic carbocycles. The Labute approximate surface area is 207 Å². The van der Waals surface area contributed by atoms with Crippen LogP contribution in [0.25, 0.3) is 0 Å². The molecule has 6 nitrogen and oxygen atoms in total. The van der Waals surface area contributed by atoms with E-state index in [0.29, 0.717) is 39.3 Å². The Hall–Kier alpha value is -3.16. The minimum absolute atomic E-state index is 0.299. The Balaban J connectivity index is 1.71.